The van der Waals surface area contributed by atoms with Gasteiger partial charge < -0.3 is 14.2 Å². The van der Waals surface area contributed by atoms with Crippen LogP contribution in [0.25, 0.3) is 0 Å². The van der Waals surface area contributed by atoms with E-state index in [0.29, 0.717) is 28.6 Å². The van der Waals surface area contributed by atoms with Gasteiger partial charge in [-0.2, -0.15) is 4.98 Å². The highest BCUT2D eigenvalue weighted by Crippen LogP contribution is 2.27. The Morgan fingerprint density at radius 2 is 1.87 bits per heavy atom. The Hall–Kier alpha value is -3.01. The Bertz CT molecular complexity index is 1010. The number of hydrogen-bond donors (Lipinski definition) is 0. The molecule has 10 heteroatoms. The number of alkyl halides is 3. The van der Waals surface area contributed by atoms with Crippen LogP contribution in [0, 0.1) is 6.92 Å². The summed E-state index contributed by atoms with van der Waals surface area (Å²) >= 11 is 1.41. The molecular formula is C20H18F3N3O3S. The highest BCUT2D eigenvalue weighted by molar-refractivity contribution is 7.98. The van der Waals surface area contributed by atoms with Crippen molar-refractivity contribution in [3.8, 4) is 5.75 Å². The van der Waals surface area contributed by atoms with E-state index in [-0.39, 0.29) is 18.2 Å². The summed E-state index contributed by atoms with van der Waals surface area (Å²) in [7, 11) is 1.63. The van der Waals surface area contributed by atoms with Crippen molar-refractivity contribution in [2.24, 2.45) is 0 Å². The summed E-state index contributed by atoms with van der Waals surface area (Å²) < 4.78 is 45.7. The summed E-state index contributed by atoms with van der Waals surface area (Å²) in [6.45, 7) is 1.96. The van der Waals surface area contributed by atoms with E-state index in [2.05, 4.69) is 14.9 Å². The summed E-state index contributed by atoms with van der Waals surface area (Å²) in [4.78, 5) is 19.3. The number of aromatic nitrogens is 2. The fourth-order valence-electron chi connectivity index (χ4n) is 2.66. The largest absolute Gasteiger partial charge is 0.573 e. The number of amides is 1. The van der Waals surface area contributed by atoms with E-state index in [9.17, 15) is 18.0 Å². The van der Waals surface area contributed by atoms with E-state index in [4.69, 9.17) is 4.52 Å². The van der Waals surface area contributed by atoms with Crippen LogP contribution in [0.3, 0.4) is 0 Å². The molecule has 6 nitrogen and oxygen atoms in total. The number of carbonyl (C=O) groups excluding carboxylic acids is 1. The number of halogens is 3. The predicted molar refractivity (Wildman–Crippen MR) is 104 cm³/mol. The molecule has 0 bridgehead atoms. The molecule has 0 atom stereocenters. The average molecular weight is 437 g/mol. The molecule has 1 heterocycles. The lowest BCUT2D eigenvalue weighted by atomic mass is 10.1. The smallest absolute Gasteiger partial charge is 0.406 e. The van der Waals surface area contributed by atoms with Crippen molar-refractivity contribution in [2.45, 2.75) is 30.5 Å². The Morgan fingerprint density at radius 1 is 1.17 bits per heavy atom. The molecule has 0 fully saturated rings. The van der Waals surface area contributed by atoms with E-state index in [1.807, 2.05) is 12.1 Å². The van der Waals surface area contributed by atoms with Gasteiger partial charge in [-0.1, -0.05) is 29.4 Å². The first-order chi connectivity index (χ1) is 14.2. The first-order valence-corrected chi connectivity index (χ1v) is 9.81. The number of rotatable bonds is 7. The zero-order chi connectivity index (χ0) is 21.7. The van der Waals surface area contributed by atoms with Gasteiger partial charge in [-0.3, -0.25) is 4.79 Å². The minimum atomic E-state index is -4.74. The first-order valence-electron chi connectivity index (χ1n) is 8.82. The SMILES string of the molecule is Cc1noc(CSc2ccccc2C(=O)N(C)Cc2ccc(OC(F)(F)F)cc2)n1. The topological polar surface area (TPSA) is 68.5 Å². The van der Waals surface area contributed by atoms with Crippen molar-refractivity contribution >= 4 is 17.7 Å². The standard InChI is InChI=1S/C20H18F3N3O3S/c1-13-24-18(29-25-13)12-30-17-6-4-3-5-16(17)19(27)26(2)11-14-7-9-15(10-8-14)28-20(21,22)23/h3-10H,11-12H2,1-2H3. The van der Waals surface area contributed by atoms with E-state index in [0.717, 1.165) is 4.90 Å². The van der Waals surface area contributed by atoms with E-state index >= 15 is 0 Å². The number of hydrogen-bond acceptors (Lipinski definition) is 6. The summed E-state index contributed by atoms with van der Waals surface area (Å²) in [5, 5.41) is 3.74. The third-order valence-electron chi connectivity index (χ3n) is 3.96. The molecule has 158 valence electrons. The maximum Gasteiger partial charge on any atom is 0.573 e. The van der Waals surface area contributed by atoms with E-state index in [1.165, 1.54) is 40.9 Å². The van der Waals surface area contributed by atoms with Gasteiger partial charge in [-0.25, -0.2) is 0 Å². The maximum absolute atomic E-state index is 12.9. The summed E-state index contributed by atoms with van der Waals surface area (Å²) in [5.41, 5.74) is 1.19. The number of benzene rings is 2. The second kappa shape index (κ2) is 9.21. The van der Waals surface area contributed by atoms with Crippen LogP contribution < -0.4 is 4.74 Å². The molecule has 0 aliphatic heterocycles. The zero-order valence-electron chi connectivity index (χ0n) is 16.1. The maximum atomic E-state index is 12.9. The number of thioether (sulfide) groups is 1. The van der Waals surface area contributed by atoms with Crippen LogP contribution in [0.1, 0.15) is 27.6 Å². The van der Waals surface area contributed by atoms with Gasteiger partial charge in [0, 0.05) is 18.5 Å². The van der Waals surface area contributed by atoms with Crippen LogP contribution >= 0.6 is 11.8 Å². The van der Waals surface area contributed by atoms with Crippen molar-refractivity contribution in [3.63, 3.8) is 0 Å². The Morgan fingerprint density at radius 3 is 2.50 bits per heavy atom. The third kappa shape index (κ3) is 5.99. The fraction of sp³-hybridized carbons (Fsp3) is 0.250. The minimum absolute atomic E-state index is 0.213. The normalized spacial score (nSPS) is 11.4. The van der Waals surface area contributed by atoms with Gasteiger partial charge in [0.1, 0.15) is 5.75 Å². The summed E-state index contributed by atoms with van der Waals surface area (Å²) in [5.74, 6) is 0.916. The molecule has 0 aliphatic rings. The summed E-state index contributed by atoms with van der Waals surface area (Å²) in [6.07, 6.45) is -4.74. The van der Waals surface area contributed by atoms with Crippen molar-refractivity contribution in [1.82, 2.24) is 15.0 Å². The van der Waals surface area contributed by atoms with E-state index < -0.39 is 6.36 Å². The molecule has 1 aromatic heterocycles. The fourth-order valence-corrected chi connectivity index (χ4v) is 3.54. The van der Waals surface area contributed by atoms with Gasteiger partial charge in [0.05, 0.1) is 11.3 Å². The number of nitrogens with zero attached hydrogens (tertiary/aromatic N) is 3. The highest BCUT2D eigenvalue weighted by Gasteiger charge is 2.31. The van der Waals surface area contributed by atoms with E-state index in [1.54, 1.807) is 26.1 Å². The molecule has 3 aromatic rings. The van der Waals surface area contributed by atoms with Crippen LogP contribution in [0.5, 0.6) is 5.75 Å². The van der Waals surface area contributed by atoms with Crippen molar-refractivity contribution in [3.05, 3.63) is 71.4 Å². The van der Waals surface area contributed by atoms with Crippen LogP contribution in [-0.2, 0) is 12.3 Å². The first kappa shape index (κ1) is 21.7. The molecule has 0 aliphatic carbocycles. The van der Waals surface area contributed by atoms with Gasteiger partial charge in [-0.05, 0) is 36.8 Å². The summed E-state index contributed by atoms with van der Waals surface area (Å²) in [6, 6.07) is 12.6. The highest BCUT2D eigenvalue weighted by atomic mass is 32.2. The number of carbonyl (C=O) groups is 1. The lowest BCUT2D eigenvalue weighted by Crippen LogP contribution is -2.26. The van der Waals surface area contributed by atoms with Gasteiger partial charge in [-0.15, -0.1) is 24.9 Å². The lowest BCUT2D eigenvalue weighted by molar-refractivity contribution is -0.274. The molecule has 2 aromatic carbocycles. The molecule has 1 amide bonds. The zero-order valence-corrected chi connectivity index (χ0v) is 17.0. The molecular weight excluding hydrogens is 419 g/mol. The Kier molecular flexibility index (Phi) is 6.66. The third-order valence-corrected chi connectivity index (χ3v) is 5.02. The van der Waals surface area contributed by atoms with Crippen LogP contribution in [0.15, 0.2) is 57.9 Å². The average Bonchev–Trinajstić information content (AvgIpc) is 3.11. The molecule has 0 unspecified atom stereocenters. The molecule has 0 N–H and O–H groups in total. The van der Waals surface area contributed by atoms with Crippen LogP contribution in [0.4, 0.5) is 13.2 Å². The lowest BCUT2D eigenvalue weighted by Gasteiger charge is -2.19. The molecule has 0 saturated carbocycles. The predicted octanol–water partition coefficient (Wildman–Crippen LogP) is 4.84. The van der Waals surface area contributed by atoms with Gasteiger partial charge in [0.25, 0.3) is 5.91 Å². The molecule has 0 saturated heterocycles. The van der Waals surface area contributed by atoms with Gasteiger partial charge >= 0.3 is 6.36 Å². The second-order valence-corrected chi connectivity index (χ2v) is 7.39. The number of aryl methyl sites for hydroxylation is 1. The quantitative estimate of drug-likeness (QED) is 0.493. The van der Waals surface area contributed by atoms with Gasteiger partial charge in [0.2, 0.25) is 5.89 Å². The van der Waals surface area contributed by atoms with Crippen molar-refractivity contribution in [2.75, 3.05) is 7.05 Å². The monoisotopic (exact) mass is 437 g/mol. The van der Waals surface area contributed by atoms with Gasteiger partial charge in [0.15, 0.2) is 5.82 Å². The second-order valence-electron chi connectivity index (χ2n) is 6.37. The molecule has 0 spiro atoms. The van der Waals surface area contributed by atoms with Crippen molar-refractivity contribution in [1.29, 1.82) is 0 Å². The number of ether oxygens (including phenoxy) is 1. The van der Waals surface area contributed by atoms with Crippen LogP contribution in [-0.4, -0.2) is 34.4 Å². The molecule has 3 rings (SSSR count). The van der Waals surface area contributed by atoms with Crippen molar-refractivity contribution < 1.29 is 27.2 Å². The molecule has 30 heavy (non-hydrogen) atoms. The molecule has 0 radical (unpaired) electrons. The Balaban J connectivity index is 1.65. The van der Waals surface area contributed by atoms with Crippen LogP contribution in [0.2, 0.25) is 0 Å². The Labute approximate surface area is 175 Å². The minimum Gasteiger partial charge on any atom is -0.406 e.